The minimum Gasteiger partial charge on any atom is -0.490 e. The Kier molecular flexibility index (Phi) is 10.8. The van der Waals surface area contributed by atoms with Gasteiger partial charge in [0.15, 0.2) is 0 Å². The molecular weight excluding hydrogens is 593 g/mol. The maximum atomic E-state index is 13.9. The number of benzene rings is 4. The fourth-order valence-corrected chi connectivity index (χ4v) is 6.43. The van der Waals surface area contributed by atoms with Crippen molar-refractivity contribution in [2.45, 2.75) is 37.3 Å². The number of anilines is 1. The summed E-state index contributed by atoms with van der Waals surface area (Å²) in [6, 6.07) is 27.0. The highest BCUT2D eigenvalue weighted by Gasteiger charge is 2.26. The maximum Gasteiger partial charge on any atom is 0.264 e. The Hall–Kier alpha value is -3.79. The number of halogens is 2. The molecule has 1 aliphatic rings. The fourth-order valence-electron chi connectivity index (χ4n) is 4.96. The second kappa shape index (κ2) is 13.9. The van der Waals surface area contributed by atoms with Crippen LogP contribution < -0.4 is 14.8 Å². The summed E-state index contributed by atoms with van der Waals surface area (Å²) in [5.74, 6) is 1.25. The van der Waals surface area contributed by atoms with E-state index in [1.165, 1.54) is 4.31 Å². The van der Waals surface area contributed by atoms with Gasteiger partial charge < -0.3 is 15.4 Å². The Morgan fingerprint density at radius 2 is 1.55 bits per heavy atom. The number of nitrogen functional groups attached to an aromatic ring is 1. The Morgan fingerprint density at radius 3 is 2.17 bits per heavy atom. The van der Waals surface area contributed by atoms with Crippen molar-refractivity contribution >= 4 is 63.0 Å². The summed E-state index contributed by atoms with van der Waals surface area (Å²) in [6.45, 7) is 3.51. The first-order chi connectivity index (χ1) is 19.2. The van der Waals surface area contributed by atoms with E-state index in [0.29, 0.717) is 22.8 Å². The van der Waals surface area contributed by atoms with Crippen LogP contribution in [0.25, 0.3) is 10.8 Å². The zero-order chi connectivity index (χ0) is 28.3. The molecule has 0 spiro atoms. The van der Waals surface area contributed by atoms with Crippen LogP contribution in [0.5, 0.6) is 5.75 Å². The van der Waals surface area contributed by atoms with E-state index < -0.39 is 10.0 Å². The van der Waals surface area contributed by atoms with Crippen molar-refractivity contribution in [3.05, 3.63) is 102 Å². The van der Waals surface area contributed by atoms with E-state index >= 15 is 0 Å². The lowest BCUT2D eigenvalue weighted by Crippen LogP contribution is -2.40. The Bertz CT molecular complexity index is 1640. The molecule has 0 atom stereocenters. The largest absolute Gasteiger partial charge is 0.490 e. The maximum absolute atomic E-state index is 13.9. The van der Waals surface area contributed by atoms with Crippen molar-refractivity contribution in [2.75, 3.05) is 17.4 Å². The molecule has 0 radical (unpaired) electrons. The van der Waals surface area contributed by atoms with Gasteiger partial charge >= 0.3 is 0 Å². The number of sulfonamides is 1. The number of nitrogens with zero attached hydrogens (tertiary/aromatic N) is 2. The third-order valence-corrected chi connectivity index (χ3v) is 9.00. The van der Waals surface area contributed by atoms with Crippen molar-refractivity contribution in [2.24, 2.45) is 5.73 Å². The minimum atomic E-state index is -3.87. The Balaban J connectivity index is 0.00000242. The van der Waals surface area contributed by atoms with Crippen LogP contribution in [0.1, 0.15) is 30.9 Å². The second-order valence-electron chi connectivity index (χ2n) is 10.0. The summed E-state index contributed by atoms with van der Waals surface area (Å²) in [5, 5.41) is 17.4. The van der Waals surface area contributed by atoms with Crippen LogP contribution in [0.2, 0.25) is 0 Å². The summed E-state index contributed by atoms with van der Waals surface area (Å²) in [6.07, 6.45) is 1.72. The molecule has 0 aliphatic carbocycles. The molecule has 0 unspecified atom stereocenters. The lowest BCUT2D eigenvalue weighted by atomic mass is 10.0. The normalized spacial score (nSPS) is 13.5. The van der Waals surface area contributed by atoms with Gasteiger partial charge in [-0.25, -0.2) is 8.42 Å². The van der Waals surface area contributed by atoms with Crippen LogP contribution in [0, 0.1) is 10.8 Å². The number of fused-ring (bicyclic) bond motifs is 1. The number of nitrogens with two attached hydrogens (primary N) is 1. The van der Waals surface area contributed by atoms with Gasteiger partial charge in [0.05, 0.1) is 23.0 Å². The number of hydrogen-bond acceptors (Lipinski definition) is 5. The van der Waals surface area contributed by atoms with E-state index in [-0.39, 0.29) is 48.2 Å². The molecule has 4 N–H and O–H groups in total. The van der Waals surface area contributed by atoms with Crippen LogP contribution in [0.3, 0.4) is 0 Å². The molecule has 0 bridgehead atoms. The van der Waals surface area contributed by atoms with Crippen molar-refractivity contribution in [3.63, 3.8) is 0 Å². The van der Waals surface area contributed by atoms with Gasteiger partial charge in [-0.2, -0.15) is 0 Å². The van der Waals surface area contributed by atoms with Crippen LogP contribution in [0.15, 0.2) is 95.9 Å². The molecule has 5 rings (SSSR count). The molecule has 1 aliphatic heterocycles. The highest BCUT2D eigenvalue weighted by molar-refractivity contribution is 7.92. The predicted octanol–water partition coefficient (Wildman–Crippen LogP) is 6.20. The van der Waals surface area contributed by atoms with Gasteiger partial charge in [0.2, 0.25) is 0 Å². The highest BCUT2D eigenvalue weighted by atomic mass is 35.5. The third kappa shape index (κ3) is 7.34. The quantitative estimate of drug-likeness (QED) is 0.158. The zero-order valence-electron chi connectivity index (χ0n) is 23.2. The first kappa shape index (κ1) is 32.7. The van der Waals surface area contributed by atoms with E-state index in [1.807, 2.05) is 47.4 Å². The zero-order valence-corrected chi connectivity index (χ0v) is 25.6. The smallest absolute Gasteiger partial charge is 0.264 e. The van der Waals surface area contributed by atoms with Crippen molar-refractivity contribution in [3.8, 4) is 5.75 Å². The Labute approximate surface area is 259 Å². The molecule has 0 saturated carbocycles. The van der Waals surface area contributed by atoms with Crippen LogP contribution in [0.4, 0.5) is 5.69 Å². The van der Waals surface area contributed by atoms with E-state index in [0.717, 1.165) is 42.3 Å². The SMILES string of the molecule is CC(=N)N1CCC(Oc2ccc(N(Cc3ccc4ccc(C(=N)N)cc4c3)S(=O)(=O)c3ccccc3)cc2)CC1.Cl.Cl. The lowest BCUT2D eigenvalue weighted by molar-refractivity contribution is 0.130. The van der Waals surface area contributed by atoms with Crippen LogP contribution in [-0.2, 0) is 16.6 Å². The highest BCUT2D eigenvalue weighted by Crippen LogP contribution is 2.30. The summed E-state index contributed by atoms with van der Waals surface area (Å²) in [7, 11) is -3.87. The minimum absolute atomic E-state index is 0. The molecule has 8 nitrogen and oxygen atoms in total. The van der Waals surface area contributed by atoms with Gasteiger partial charge in [0.25, 0.3) is 10.0 Å². The number of likely N-dealkylation sites (tertiary alicyclic amines) is 1. The van der Waals surface area contributed by atoms with Crippen molar-refractivity contribution < 1.29 is 13.2 Å². The standard InChI is InChI=1S/C31H33N5O3S.2ClH/c1-22(32)35-17-15-29(16-18-35)39-28-13-11-27(12-14-28)36(40(37,38)30-5-3-2-4-6-30)21-23-7-8-24-9-10-25(31(33)34)20-26(24)19-23;;/h2-14,19-20,29,32H,15-18,21H2,1H3,(H3,33,34);2*1H. The molecule has 1 saturated heterocycles. The van der Waals surface area contributed by atoms with Crippen molar-refractivity contribution in [1.29, 1.82) is 10.8 Å². The molecule has 222 valence electrons. The fraction of sp³-hybridized carbons (Fsp3) is 0.226. The van der Waals surface area contributed by atoms with E-state index in [1.54, 1.807) is 55.5 Å². The molecule has 0 amide bonds. The average molecular weight is 629 g/mol. The van der Waals surface area contributed by atoms with Crippen LogP contribution in [-0.4, -0.2) is 44.2 Å². The molecule has 0 aromatic heterocycles. The number of ether oxygens (including phenoxy) is 1. The van der Waals surface area contributed by atoms with Crippen LogP contribution >= 0.6 is 24.8 Å². The topological polar surface area (TPSA) is 124 Å². The number of nitrogens with one attached hydrogen (secondary N) is 2. The third-order valence-electron chi connectivity index (χ3n) is 7.22. The summed E-state index contributed by atoms with van der Waals surface area (Å²) >= 11 is 0. The van der Waals surface area contributed by atoms with Gasteiger partial charge in [0.1, 0.15) is 17.7 Å². The first-order valence-corrected chi connectivity index (χ1v) is 14.7. The number of hydrogen-bond donors (Lipinski definition) is 3. The van der Waals surface area contributed by atoms with E-state index in [2.05, 4.69) is 0 Å². The van der Waals surface area contributed by atoms with Gasteiger partial charge in [-0.15, -0.1) is 24.8 Å². The average Bonchev–Trinajstić information content (AvgIpc) is 2.96. The van der Waals surface area contributed by atoms with Gasteiger partial charge in [-0.05, 0) is 71.8 Å². The van der Waals surface area contributed by atoms with Gasteiger partial charge in [-0.1, -0.05) is 42.5 Å². The number of amidine groups is 2. The lowest BCUT2D eigenvalue weighted by Gasteiger charge is -2.33. The van der Waals surface area contributed by atoms with E-state index in [4.69, 9.17) is 21.3 Å². The molecule has 42 heavy (non-hydrogen) atoms. The number of rotatable bonds is 8. The Morgan fingerprint density at radius 1 is 0.905 bits per heavy atom. The number of piperidine rings is 1. The van der Waals surface area contributed by atoms with E-state index in [9.17, 15) is 8.42 Å². The molecule has 1 fully saturated rings. The first-order valence-electron chi connectivity index (χ1n) is 13.2. The molecule has 1 heterocycles. The predicted molar refractivity (Wildman–Crippen MR) is 174 cm³/mol. The van der Waals surface area contributed by atoms with Gasteiger partial charge in [0, 0.05) is 31.5 Å². The summed E-state index contributed by atoms with van der Waals surface area (Å²) in [5.41, 5.74) is 7.64. The second-order valence-corrected chi connectivity index (χ2v) is 11.9. The molecule has 4 aromatic rings. The van der Waals surface area contributed by atoms with Crippen molar-refractivity contribution in [1.82, 2.24) is 4.90 Å². The molecule has 11 heteroatoms. The summed E-state index contributed by atoms with van der Waals surface area (Å²) in [4.78, 5) is 2.26. The summed E-state index contributed by atoms with van der Waals surface area (Å²) < 4.78 is 35.3. The van der Waals surface area contributed by atoms with Gasteiger partial charge in [-0.3, -0.25) is 15.1 Å². The molecular formula is C31H35Cl2N5O3S. The monoisotopic (exact) mass is 627 g/mol. The molecule has 4 aromatic carbocycles.